The number of para-hydroxylation sites is 1. The van der Waals surface area contributed by atoms with E-state index in [2.05, 4.69) is 20.9 Å². The molecule has 6 rings (SSSR count). The van der Waals surface area contributed by atoms with Gasteiger partial charge in [0.05, 0.1) is 36.4 Å². The van der Waals surface area contributed by atoms with Crippen LogP contribution in [0.2, 0.25) is 0 Å². The van der Waals surface area contributed by atoms with Crippen molar-refractivity contribution < 1.29 is 19.8 Å². The molecule has 0 spiro atoms. The van der Waals surface area contributed by atoms with Crippen LogP contribution in [0, 0.1) is 11.8 Å². The predicted molar refractivity (Wildman–Crippen MR) is 181 cm³/mol. The summed E-state index contributed by atoms with van der Waals surface area (Å²) < 4.78 is 1.74. The number of allylic oxidation sites excluding steroid dienone is 1. The van der Waals surface area contributed by atoms with Crippen LogP contribution in [0.4, 0.5) is 11.4 Å². The lowest BCUT2D eigenvalue weighted by molar-refractivity contribution is -0.139. The number of hydrogen-bond acceptors (Lipinski definition) is 7. The SMILES string of the molecule is C[C@H](/C=C/CCn1cc(C(CO)c2ccccc2)nn1)[C@@]1(O)C(=O)N(Cc2ccc(NC(=O)C3CCCNC3)cc2)c2ccccc21. The average molecular weight is 635 g/mol. The number of benzene rings is 3. The van der Waals surface area contributed by atoms with Gasteiger partial charge in [0.1, 0.15) is 0 Å². The van der Waals surface area contributed by atoms with Gasteiger partial charge in [-0.2, -0.15) is 0 Å². The molecule has 0 aliphatic carbocycles. The Bertz CT molecular complexity index is 1700. The van der Waals surface area contributed by atoms with Crippen molar-refractivity contribution >= 4 is 23.2 Å². The minimum atomic E-state index is -1.71. The highest BCUT2D eigenvalue weighted by Crippen LogP contribution is 2.45. The van der Waals surface area contributed by atoms with Gasteiger partial charge in [0.25, 0.3) is 5.91 Å². The molecular weight excluding hydrogens is 592 g/mol. The lowest BCUT2D eigenvalue weighted by atomic mass is 9.83. The zero-order chi connectivity index (χ0) is 32.8. The number of aryl methyl sites for hydroxylation is 1. The highest BCUT2D eigenvalue weighted by atomic mass is 16.3. The largest absolute Gasteiger partial charge is 0.395 e. The van der Waals surface area contributed by atoms with Gasteiger partial charge in [-0.15, -0.1) is 5.10 Å². The number of carbonyl (C=O) groups excluding carboxylic acids is 2. The number of piperidine rings is 1. The number of aliphatic hydroxyl groups is 2. The summed E-state index contributed by atoms with van der Waals surface area (Å²) in [7, 11) is 0. The second kappa shape index (κ2) is 14.4. The average Bonchev–Trinajstić information content (AvgIpc) is 3.66. The fourth-order valence-electron chi connectivity index (χ4n) is 6.54. The monoisotopic (exact) mass is 634 g/mol. The molecule has 1 aromatic heterocycles. The van der Waals surface area contributed by atoms with Crippen molar-refractivity contribution in [3.8, 4) is 0 Å². The van der Waals surface area contributed by atoms with Crippen LogP contribution in [0.1, 0.15) is 54.5 Å². The van der Waals surface area contributed by atoms with E-state index in [-0.39, 0.29) is 30.3 Å². The van der Waals surface area contributed by atoms with Gasteiger partial charge in [0.15, 0.2) is 5.60 Å². The summed E-state index contributed by atoms with van der Waals surface area (Å²) >= 11 is 0. The number of aromatic nitrogens is 3. The lowest BCUT2D eigenvalue weighted by Crippen LogP contribution is -2.44. The van der Waals surface area contributed by atoms with Crippen LogP contribution in [0.15, 0.2) is 97.2 Å². The number of nitrogens with one attached hydrogen (secondary N) is 2. The fourth-order valence-corrected chi connectivity index (χ4v) is 6.54. The highest BCUT2D eigenvalue weighted by Gasteiger charge is 2.52. The van der Waals surface area contributed by atoms with Gasteiger partial charge in [0.2, 0.25) is 5.91 Å². The van der Waals surface area contributed by atoms with Crippen molar-refractivity contribution in [1.29, 1.82) is 0 Å². The van der Waals surface area contributed by atoms with Gasteiger partial charge in [0, 0.05) is 36.5 Å². The predicted octanol–water partition coefficient (Wildman–Crippen LogP) is 4.36. The molecule has 2 aliphatic heterocycles. The van der Waals surface area contributed by atoms with Crippen LogP contribution in [0.5, 0.6) is 0 Å². The van der Waals surface area contributed by atoms with Crippen LogP contribution in [0.3, 0.4) is 0 Å². The summed E-state index contributed by atoms with van der Waals surface area (Å²) in [4.78, 5) is 28.2. The number of fused-ring (bicyclic) bond motifs is 1. The Morgan fingerprint density at radius 2 is 1.87 bits per heavy atom. The summed E-state index contributed by atoms with van der Waals surface area (Å²) in [5.74, 6) is -1.11. The molecule has 3 aromatic carbocycles. The van der Waals surface area contributed by atoms with Gasteiger partial charge in [-0.05, 0) is 55.1 Å². The Kier molecular flexibility index (Phi) is 9.91. The van der Waals surface area contributed by atoms with Crippen LogP contribution in [-0.4, -0.2) is 56.7 Å². The number of hydrogen-bond donors (Lipinski definition) is 4. The van der Waals surface area contributed by atoms with E-state index in [1.54, 1.807) is 9.58 Å². The summed E-state index contributed by atoms with van der Waals surface area (Å²) in [5.41, 5.74) is 2.86. The van der Waals surface area contributed by atoms with Gasteiger partial charge < -0.3 is 25.7 Å². The molecule has 0 saturated carbocycles. The molecule has 4 aromatic rings. The molecule has 2 amide bonds. The van der Waals surface area contributed by atoms with Crippen molar-refractivity contribution in [3.63, 3.8) is 0 Å². The van der Waals surface area contributed by atoms with E-state index in [0.717, 1.165) is 36.2 Å². The molecule has 1 saturated heterocycles. The van der Waals surface area contributed by atoms with Crippen LogP contribution < -0.4 is 15.5 Å². The van der Waals surface area contributed by atoms with E-state index in [0.29, 0.717) is 43.0 Å². The Morgan fingerprint density at radius 1 is 1.11 bits per heavy atom. The second-order valence-corrected chi connectivity index (χ2v) is 12.5. The third kappa shape index (κ3) is 6.90. The Labute approximate surface area is 275 Å². The molecule has 4 atom stereocenters. The summed E-state index contributed by atoms with van der Waals surface area (Å²) in [6, 6.07) is 24.7. The normalized spacial score (nSPS) is 20.7. The molecule has 47 heavy (non-hydrogen) atoms. The van der Waals surface area contributed by atoms with Crippen LogP contribution >= 0.6 is 0 Å². The molecule has 1 fully saturated rings. The Morgan fingerprint density at radius 3 is 2.62 bits per heavy atom. The zero-order valence-electron chi connectivity index (χ0n) is 26.6. The Balaban J connectivity index is 1.08. The molecule has 2 aliphatic rings. The molecule has 244 valence electrons. The number of anilines is 2. The minimum Gasteiger partial charge on any atom is -0.395 e. The quantitative estimate of drug-likeness (QED) is 0.170. The van der Waals surface area contributed by atoms with Gasteiger partial charge >= 0.3 is 0 Å². The van der Waals surface area contributed by atoms with Gasteiger partial charge in [-0.3, -0.25) is 14.3 Å². The number of nitrogens with zero attached hydrogens (tertiary/aromatic N) is 4. The summed E-state index contributed by atoms with van der Waals surface area (Å²) in [6.07, 6.45) is 8.19. The summed E-state index contributed by atoms with van der Waals surface area (Å²) in [6.45, 7) is 4.30. The smallest absolute Gasteiger partial charge is 0.264 e. The second-order valence-electron chi connectivity index (χ2n) is 12.5. The molecule has 4 N–H and O–H groups in total. The zero-order valence-corrected chi connectivity index (χ0v) is 26.6. The maximum atomic E-state index is 13.9. The first-order valence-electron chi connectivity index (χ1n) is 16.4. The number of amides is 2. The van der Waals surface area contributed by atoms with E-state index >= 15 is 0 Å². The van der Waals surface area contributed by atoms with E-state index in [1.165, 1.54) is 0 Å². The number of rotatable bonds is 12. The molecular formula is C37H42N6O4. The first-order chi connectivity index (χ1) is 22.9. The number of carbonyl (C=O) groups is 2. The highest BCUT2D eigenvalue weighted by molar-refractivity contribution is 6.07. The van der Waals surface area contributed by atoms with Crippen molar-refractivity contribution in [3.05, 3.63) is 120 Å². The van der Waals surface area contributed by atoms with Gasteiger partial charge in [-0.25, -0.2) is 0 Å². The fraction of sp³-hybridized carbons (Fsp3) is 0.351. The third-order valence-electron chi connectivity index (χ3n) is 9.31. The van der Waals surface area contributed by atoms with Crippen LogP contribution in [0.25, 0.3) is 0 Å². The topological polar surface area (TPSA) is 133 Å². The molecule has 3 heterocycles. The maximum absolute atomic E-state index is 13.9. The Hall–Kier alpha value is -4.64. The molecule has 0 bridgehead atoms. The lowest BCUT2D eigenvalue weighted by Gasteiger charge is -2.27. The van der Waals surface area contributed by atoms with E-state index in [9.17, 15) is 19.8 Å². The maximum Gasteiger partial charge on any atom is 0.264 e. The van der Waals surface area contributed by atoms with E-state index in [1.807, 2.05) is 104 Å². The molecule has 10 heteroatoms. The van der Waals surface area contributed by atoms with Crippen molar-refractivity contribution in [2.45, 2.75) is 50.8 Å². The molecule has 0 radical (unpaired) electrons. The third-order valence-corrected chi connectivity index (χ3v) is 9.31. The van der Waals surface area contributed by atoms with E-state index in [4.69, 9.17) is 0 Å². The van der Waals surface area contributed by atoms with Crippen LogP contribution in [-0.2, 0) is 28.3 Å². The first kappa shape index (κ1) is 32.3. The number of aliphatic hydroxyl groups excluding tert-OH is 1. The minimum absolute atomic E-state index is 0.0186. The van der Waals surface area contributed by atoms with Crippen molar-refractivity contribution in [2.75, 3.05) is 29.9 Å². The van der Waals surface area contributed by atoms with Gasteiger partial charge in [-0.1, -0.05) is 85.0 Å². The summed E-state index contributed by atoms with van der Waals surface area (Å²) in [5, 5.41) is 36.7. The molecule has 10 nitrogen and oxygen atoms in total. The van der Waals surface area contributed by atoms with Crippen molar-refractivity contribution in [2.24, 2.45) is 11.8 Å². The van der Waals surface area contributed by atoms with E-state index < -0.39 is 11.5 Å². The standard InChI is InChI=1S/C37H42N6O4/c1-26(10-7-8-21-42-24-33(40-41-42)31(25-44)28-11-3-2-4-12-28)37(47)32-14-5-6-15-34(32)43(36(37)46)23-27-16-18-30(19-17-27)39-35(45)29-13-9-20-38-22-29/h2-7,10-12,14-19,24,26,29,31,38,44,47H,8-9,13,20-23,25H2,1H3,(H,39,45)/b10-7+/t26-,29?,31?,37+/m1/s1. The first-order valence-corrected chi connectivity index (χ1v) is 16.4. The molecule has 2 unspecified atom stereocenters. The van der Waals surface area contributed by atoms with Crippen molar-refractivity contribution in [1.82, 2.24) is 20.3 Å².